The van der Waals surface area contributed by atoms with Crippen LogP contribution in [0, 0.1) is 5.92 Å². The Kier molecular flexibility index (Phi) is 6.48. The van der Waals surface area contributed by atoms with E-state index >= 15 is 0 Å². The van der Waals surface area contributed by atoms with Crippen molar-refractivity contribution in [2.24, 2.45) is 5.92 Å². The van der Waals surface area contributed by atoms with Gasteiger partial charge in [0.2, 0.25) is 0 Å². The highest BCUT2D eigenvalue weighted by Crippen LogP contribution is 2.25. The van der Waals surface area contributed by atoms with Gasteiger partial charge in [-0.15, -0.1) is 0 Å². The van der Waals surface area contributed by atoms with Crippen molar-refractivity contribution in [2.75, 3.05) is 18.5 Å². The lowest BCUT2D eigenvalue weighted by atomic mass is 10.0. The Hall–Kier alpha value is -2.00. The third-order valence-electron chi connectivity index (χ3n) is 3.68. The zero-order chi connectivity index (χ0) is 16.7. The summed E-state index contributed by atoms with van der Waals surface area (Å²) >= 11 is 0. The van der Waals surface area contributed by atoms with Crippen molar-refractivity contribution < 1.29 is 9.84 Å². The highest BCUT2D eigenvalue weighted by atomic mass is 16.5. The summed E-state index contributed by atoms with van der Waals surface area (Å²) in [5.74, 6) is 1.46. The third-order valence-corrected chi connectivity index (χ3v) is 3.68. The SMILES string of the molecule is CCOc1ccccc1NCC(O)c1ccc(CC(C)C)cc1. The summed E-state index contributed by atoms with van der Waals surface area (Å²) in [6.07, 6.45) is 0.522. The maximum Gasteiger partial charge on any atom is 0.142 e. The van der Waals surface area contributed by atoms with Crippen LogP contribution in [-0.2, 0) is 6.42 Å². The van der Waals surface area contributed by atoms with E-state index in [1.54, 1.807) is 0 Å². The molecule has 0 aliphatic heterocycles. The zero-order valence-electron chi connectivity index (χ0n) is 14.3. The molecule has 3 heteroatoms. The standard InChI is InChI=1S/C20H27NO2/c1-4-23-20-8-6-5-7-18(20)21-14-19(22)17-11-9-16(10-12-17)13-15(2)3/h5-12,15,19,21-22H,4,13-14H2,1-3H3. The lowest BCUT2D eigenvalue weighted by Crippen LogP contribution is -2.13. The van der Waals surface area contributed by atoms with Gasteiger partial charge in [-0.25, -0.2) is 0 Å². The van der Waals surface area contributed by atoms with Gasteiger partial charge in [0.05, 0.1) is 18.4 Å². The number of hydrogen-bond acceptors (Lipinski definition) is 3. The molecule has 0 saturated heterocycles. The molecule has 23 heavy (non-hydrogen) atoms. The molecule has 0 radical (unpaired) electrons. The first-order valence-electron chi connectivity index (χ1n) is 8.32. The monoisotopic (exact) mass is 313 g/mol. The van der Waals surface area contributed by atoms with Crippen LogP contribution in [0.1, 0.15) is 38.0 Å². The van der Waals surface area contributed by atoms with Gasteiger partial charge in [0, 0.05) is 6.54 Å². The Balaban J connectivity index is 1.95. The van der Waals surface area contributed by atoms with Crippen molar-refractivity contribution in [3.8, 4) is 5.75 Å². The molecule has 0 aliphatic carbocycles. The lowest BCUT2D eigenvalue weighted by molar-refractivity contribution is 0.191. The Morgan fingerprint density at radius 2 is 1.74 bits per heavy atom. The highest BCUT2D eigenvalue weighted by molar-refractivity contribution is 5.56. The van der Waals surface area contributed by atoms with Gasteiger partial charge in [-0.2, -0.15) is 0 Å². The minimum Gasteiger partial charge on any atom is -0.492 e. The number of rotatable bonds is 8. The molecule has 2 aromatic rings. The van der Waals surface area contributed by atoms with E-state index in [9.17, 15) is 5.11 Å². The normalized spacial score (nSPS) is 12.2. The zero-order valence-corrected chi connectivity index (χ0v) is 14.3. The molecule has 0 aliphatic rings. The number of hydrogen-bond donors (Lipinski definition) is 2. The van der Waals surface area contributed by atoms with Crippen LogP contribution in [0.5, 0.6) is 5.75 Å². The van der Waals surface area contributed by atoms with E-state index in [4.69, 9.17) is 4.74 Å². The Bertz CT molecular complexity index is 593. The Labute approximate surface area is 139 Å². The van der Waals surface area contributed by atoms with Gasteiger partial charge < -0.3 is 15.2 Å². The van der Waals surface area contributed by atoms with Gasteiger partial charge in [0.25, 0.3) is 0 Å². The van der Waals surface area contributed by atoms with Crippen LogP contribution < -0.4 is 10.1 Å². The van der Waals surface area contributed by atoms with Crippen molar-refractivity contribution in [1.29, 1.82) is 0 Å². The predicted molar refractivity (Wildman–Crippen MR) is 96.0 cm³/mol. The van der Waals surface area contributed by atoms with E-state index in [1.165, 1.54) is 5.56 Å². The number of aliphatic hydroxyl groups is 1. The minimum absolute atomic E-state index is 0.452. The molecule has 3 nitrogen and oxygen atoms in total. The number of para-hydroxylation sites is 2. The fourth-order valence-corrected chi connectivity index (χ4v) is 2.57. The van der Waals surface area contributed by atoms with Gasteiger partial charge in [-0.1, -0.05) is 50.2 Å². The second-order valence-corrected chi connectivity index (χ2v) is 6.17. The molecule has 1 atom stereocenters. The van der Waals surface area contributed by atoms with Crippen molar-refractivity contribution in [3.05, 3.63) is 59.7 Å². The van der Waals surface area contributed by atoms with Crippen LogP contribution in [-0.4, -0.2) is 18.3 Å². The van der Waals surface area contributed by atoms with E-state index in [0.29, 0.717) is 19.1 Å². The quantitative estimate of drug-likeness (QED) is 0.757. The summed E-state index contributed by atoms with van der Waals surface area (Å²) in [6.45, 7) is 7.46. The number of aliphatic hydroxyl groups excluding tert-OH is 1. The van der Waals surface area contributed by atoms with Crippen LogP contribution in [0.15, 0.2) is 48.5 Å². The van der Waals surface area contributed by atoms with E-state index in [0.717, 1.165) is 23.4 Å². The van der Waals surface area contributed by atoms with Crippen molar-refractivity contribution in [2.45, 2.75) is 33.3 Å². The van der Waals surface area contributed by atoms with Crippen LogP contribution in [0.25, 0.3) is 0 Å². The number of anilines is 1. The van der Waals surface area contributed by atoms with E-state index < -0.39 is 6.10 Å². The van der Waals surface area contributed by atoms with Gasteiger partial charge in [0.1, 0.15) is 5.75 Å². The number of nitrogens with one attached hydrogen (secondary N) is 1. The van der Waals surface area contributed by atoms with Crippen LogP contribution in [0.4, 0.5) is 5.69 Å². The summed E-state index contributed by atoms with van der Waals surface area (Å²) in [5, 5.41) is 13.6. The van der Waals surface area contributed by atoms with Crippen LogP contribution >= 0.6 is 0 Å². The van der Waals surface area contributed by atoms with Gasteiger partial charge in [-0.3, -0.25) is 0 Å². The Morgan fingerprint density at radius 1 is 1.04 bits per heavy atom. The molecular formula is C20H27NO2. The van der Waals surface area contributed by atoms with Crippen LogP contribution in [0.2, 0.25) is 0 Å². The summed E-state index contributed by atoms with van der Waals surface area (Å²) in [5.41, 5.74) is 3.15. The van der Waals surface area contributed by atoms with E-state index in [2.05, 4.69) is 31.3 Å². The molecule has 0 aromatic heterocycles. The van der Waals surface area contributed by atoms with Crippen molar-refractivity contribution in [1.82, 2.24) is 0 Å². The van der Waals surface area contributed by atoms with Crippen molar-refractivity contribution in [3.63, 3.8) is 0 Å². The summed E-state index contributed by atoms with van der Waals surface area (Å²) in [4.78, 5) is 0. The van der Waals surface area contributed by atoms with Gasteiger partial charge in [0.15, 0.2) is 0 Å². The molecule has 0 heterocycles. The maximum absolute atomic E-state index is 10.4. The number of benzene rings is 2. The molecule has 124 valence electrons. The average Bonchev–Trinajstić information content (AvgIpc) is 2.54. The van der Waals surface area contributed by atoms with Crippen LogP contribution in [0.3, 0.4) is 0 Å². The Morgan fingerprint density at radius 3 is 2.39 bits per heavy atom. The molecule has 0 fully saturated rings. The first kappa shape index (κ1) is 17.4. The average molecular weight is 313 g/mol. The highest BCUT2D eigenvalue weighted by Gasteiger charge is 2.09. The molecule has 0 amide bonds. The fourth-order valence-electron chi connectivity index (χ4n) is 2.57. The van der Waals surface area contributed by atoms with E-state index in [1.807, 2.05) is 43.3 Å². The topological polar surface area (TPSA) is 41.5 Å². The second kappa shape index (κ2) is 8.59. The largest absolute Gasteiger partial charge is 0.492 e. The first-order valence-corrected chi connectivity index (χ1v) is 8.32. The first-order chi connectivity index (χ1) is 11.1. The minimum atomic E-state index is -0.544. The summed E-state index contributed by atoms with van der Waals surface area (Å²) < 4.78 is 5.58. The third kappa shape index (κ3) is 5.29. The molecule has 2 N–H and O–H groups in total. The molecule has 0 saturated carbocycles. The van der Waals surface area contributed by atoms with E-state index in [-0.39, 0.29) is 0 Å². The fraction of sp³-hybridized carbons (Fsp3) is 0.400. The summed E-state index contributed by atoms with van der Waals surface area (Å²) in [6, 6.07) is 16.0. The maximum atomic E-state index is 10.4. The lowest BCUT2D eigenvalue weighted by Gasteiger charge is -2.16. The van der Waals surface area contributed by atoms with Crippen molar-refractivity contribution >= 4 is 5.69 Å². The second-order valence-electron chi connectivity index (χ2n) is 6.17. The van der Waals surface area contributed by atoms with Gasteiger partial charge in [-0.05, 0) is 42.5 Å². The molecule has 2 aromatic carbocycles. The number of ether oxygens (including phenoxy) is 1. The smallest absolute Gasteiger partial charge is 0.142 e. The molecule has 0 bridgehead atoms. The molecule has 2 rings (SSSR count). The van der Waals surface area contributed by atoms with Gasteiger partial charge >= 0.3 is 0 Å². The summed E-state index contributed by atoms with van der Waals surface area (Å²) in [7, 11) is 0. The molecular weight excluding hydrogens is 286 g/mol. The predicted octanol–water partition coefficient (Wildman–Crippen LogP) is 4.43. The molecule has 0 spiro atoms. The molecule has 1 unspecified atom stereocenters.